The van der Waals surface area contributed by atoms with Crippen molar-refractivity contribution in [1.82, 2.24) is 5.48 Å². The Balaban J connectivity index is 2.36. The Morgan fingerprint density at radius 2 is 2.00 bits per heavy atom. The molecule has 1 unspecified atom stereocenters. The van der Waals surface area contributed by atoms with Crippen LogP contribution in [-0.2, 0) is 4.84 Å². The number of hydroxylamine groups is 1. The standard InChI is InChI=1S/C10H11ClF3NO2/c11-8-4-2-1-3-7(8)9(16)5-15-17-6-10(12,13)14/h1-4,9,15-16H,5-6H2. The lowest BCUT2D eigenvalue weighted by molar-refractivity contribution is -0.191. The molecular formula is C10H11ClF3NO2. The topological polar surface area (TPSA) is 41.5 Å². The van der Waals surface area contributed by atoms with Gasteiger partial charge in [0.2, 0.25) is 0 Å². The number of halogens is 4. The van der Waals surface area contributed by atoms with Crippen molar-refractivity contribution >= 4 is 11.6 Å². The average Bonchev–Trinajstić information content (AvgIpc) is 2.23. The van der Waals surface area contributed by atoms with Gasteiger partial charge < -0.3 is 5.11 Å². The highest BCUT2D eigenvalue weighted by Crippen LogP contribution is 2.22. The molecule has 17 heavy (non-hydrogen) atoms. The minimum atomic E-state index is -4.40. The van der Waals surface area contributed by atoms with Gasteiger partial charge in [-0.15, -0.1) is 0 Å². The van der Waals surface area contributed by atoms with Crippen LogP contribution in [0.3, 0.4) is 0 Å². The van der Waals surface area contributed by atoms with E-state index in [1.807, 2.05) is 5.48 Å². The number of aliphatic hydroxyl groups excluding tert-OH is 1. The maximum atomic E-state index is 11.7. The lowest BCUT2D eigenvalue weighted by Crippen LogP contribution is -2.28. The normalized spacial score (nSPS) is 13.7. The van der Waals surface area contributed by atoms with E-state index in [2.05, 4.69) is 4.84 Å². The predicted octanol–water partition coefficient (Wildman–Crippen LogP) is 2.46. The second-order valence-electron chi connectivity index (χ2n) is 3.29. The van der Waals surface area contributed by atoms with Gasteiger partial charge in [-0.1, -0.05) is 29.8 Å². The molecule has 1 rings (SSSR count). The molecule has 0 aliphatic carbocycles. The zero-order valence-corrected chi connectivity index (χ0v) is 9.42. The van der Waals surface area contributed by atoms with E-state index < -0.39 is 18.9 Å². The Morgan fingerprint density at radius 1 is 1.35 bits per heavy atom. The third-order valence-electron chi connectivity index (χ3n) is 1.88. The zero-order valence-electron chi connectivity index (χ0n) is 8.67. The Labute approximate surface area is 101 Å². The molecule has 0 radical (unpaired) electrons. The summed E-state index contributed by atoms with van der Waals surface area (Å²) in [7, 11) is 0. The van der Waals surface area contributed by atoms with Crippen LogP contribution in [0.5, 0.6) is 0 Å². The molecule has 0 aromatic heterocycles. The van der Waals surface area contributed by atoms with E-state index in [0.29, 0.717) is 10.6 Å². The molecule has 0 saturated carbocycles. The molecule has 7 heteroatoms. The molecule has 0 bridgehead atoms. The molecule has 1 atom stereocenters. The molecule has 1 aromatic rings. The molecule has 0 spiro atoms. The van der Waals surface area contributed by atoms with Crippen LogP contribution in [0.1, 0.15) is 11.7 Å². The van der Waals surface area contributed by atoms with E-state index >= 15 is 0 Å². The molecule has 0 aliphatic heterocycles. The molecule has 0 fully saturated rings. The Morgan fingerprint density at radius 3 is 2.59 bits per heavy atom. The van der Waals surface area contributed by atoms with E-state index in [-0.39, 0.29) is 6.54 Å². The summed E-state index contributed by atoms with van der Waals surface area (Å²) in [5, 5.41) is 9.97. The van der Waals surface area contributed by atoms with Crippen molar-refractivity contribution in [1.29, 1.82) is 0 Å². The summed E-state index contributed by atoms with van der Waals surface area (Å²) in [5.74, 6) is 0. The van der Waals surface area contributed by atoms with Crippen molar-refractivity contribution in [2.75, 3.05) is 13.2 Å². The number of hydrogen-bond donors (Lipinski definition) is 2. The SMILES string of the molecule is OC(CNOCC(F)(F)F)c1ccccc1Cl. The lowest BCUT2D eigenvalue weighted by Gasteiger charge is -2.14. The zero-order chi connectivity index (χ0) is 12.9. The summed E-state index contributed by atoms with van der Waals surface area (Å²) in [6.07, 6.45) is -5.43. The van der Waals surface area contributed by atoms with Crippen molar-refractivity contribution < 1.29 is 23.1 Å². The molecule has 96 valence electrons. The fourth-order valence-corrected chi connectivity index (χ4v) is 1.39. The van der Waals surface area contributed by atoms with Crippen LogP contribution in [0, 0.1) is 0 Å². The maximum absolute atomic E-state index is 11.7. The number of aliphatic hydroxyl groups is 1. The first kappa shape index (κ1) is 14.2. The first-order valence-electron chi connectivity index (χ1n) is 4.74. The highest BCUT2D eigenvalue weighted by atomic mass is 35.5. The van der Waals surface area contributed by atoms with Gasteiger partial charge in [0.05, 0.1) is 12.6 Å². The first-order chi connectivity index (χ1) is 7.90. The highest BCUT2D eigenvalue weighted by Gasteiger charge is 2.27. The number of alkyl halides is 3. The van der Waals surface area contributed by atoms with Gasteiger partial charge in [-0.25, -0.2) is 0 Å². The Hall–Kier alpha value is -0.820. The van der Waals surface area contributed by atoms with E-state index in [1.165, 1.54) is 0 Å². The Kier molecular flexibility index (Phi) is 5.20. The minimum absolute atomic E-state index is 0.181. The van der Waals surface area contributed by atoms with Gasteiger partial charge in [0.1, 0.15) is 0 Å². The monoisotopic (exact) mass is 269 g/mol. The quantitative estimate of drug-likeness (QED) is 0.637. The van der Waals surface area contributed by atoms with Crippen LogP contribution in [0.15, 0.2) is 24.3 Å². The summed E-state index contributed by atoms with van der Waals surface area (Å²) in [5.41, 5.74) is 2.47. The molecule has 1 aromatic carbocycles. The molecule has 0 saturated heterocycles. The van der Waals surface area contributed by atoms with E-state index in [9.17, 15) is 18.3 Å². The van der Waals surface area contributed by atoms with Gasteiger partial charge in [0, 0.05) is 10.6 Å². The molecular weight excluding hydrogens is 259 g/mol. The van der Waals surface area contributed by atoms with Crippen molar-refractivity contribution in [2.24, 2.45) is 0 Å². The Bertz CT molecular complexity index is 360. The van der Waals surface area contributed by atoms with Crippen molar-refractivity contribution in [3.63, 3.8) is 0 Å². The fourth-order valence-electron chi connectivity index (χ4n) is 1.13. The second-order valence-corrected chi connectivity index (χ2v) is 3.70. The van der Waals surface area contributed by atoms with Gasteiger partial charge in [-0.05, 0) is 6.07 Å². The third kappa shape index (κ3) is 5.36. The van der Waals surface area contributed by atoms with Gasteiger partial charge in [0.15, 0.2) is 6.61 Å². The summed E-state index contributed by atoms with van der Waals surface area (Å²) < 4.78 is 35.2. The van der Waals surface area contributed by atoms with E-state index in [1.54, 1.807) is 24.3 Å². The van der Waals surface area contributed by atoms with Gasteiger partial charge in [-0.2, -0.15) is 18.7 Å². The summed E-state index contributed by atoms with van der Waals surface area (Å²) >= 11 is 5.80. The van der Waals surface area contributed by atoms with Crippen molar-refractivity contribution in [3.05, 3.63) is 34.9 Å². The molecule has 0 amide bonds. The number of hydrogen-bond acceptors (Lipinski definition) is 3. The summed E-state index contributed by atoms with van der Waals surface area (Å²) in [6, 6.07) is 6.52. The summed E-state index contributed by atoms with van der Waals surface area (Å²) in [6.45, 7) is -1.60. The third-order valence-corrected chi connectivity index (χ3v) is 2.22. The molecule has 3 nitrogen and oxygen atoms in total. The van der Waals surface area contributed by atoms with E-state index in [0.717, 1.165) is 0 Å². The smallest absolute Gasteiger partial charge is 0.387 e. The van der Waals surface area contributed by atoms with Gasteiger partial charge >= 0.3 is 6.18 Å². The lowest BCUT2D eigenvalue weighted by atomic mass is 10.1. The molecule has 0 heterocycles. The van der Waals surface area contributed by atoms with Crippen LogP contribution in [0.4, 0.5) is 13.2 Å². The average molecular weight is 270 g/mol. The van der Waals surface area contributed by atoms with Crippen molar-refractivity contribution in [2.45, 2.75) is 12.3 Å². The maximum Gasteiger partial charge on any atom is 0.413 e. The number of benzene rings is 1. The van der Waals surface area contributed by atoms with Crippen LogP contribution in [0.2, 0.25) is 5.02 Å². The number of nitrogens with one attached hydrogen (secondary N) is 1. The molecule has 2 N–H and O–H groups in total. The highest BCUT2D eigenvalue weighted by molar-refractivity contribution is 6.31. The van der Waals surface area contributed by atoms with Crippen LogP contribution in [-0.4, -0.2) is 24.4 Å². The largest absolute Gasteiger partial charge is 0.413 e. The number of rotatable bonds is 5. The van der Waals surface area contributed by atoms with Gasteiger partial charge in [0.25, 0.3) is 0 Å². The fraction of sp³-hybridized carbons (Fsp3) is 0.400. The van der Waals surface area contributed by atoms with Crippen LogP contribution < -0.4 is 5.48 Å². The first-order valence-corrected chi connectivity index (χ1v) is 5.12. The molecule has 0 aliphatic rings. The second kappa shape index (κ2) is 6.20. The van der Waals surface area contributed by atoms with Crippen LogP contribution >= 0.6 is 11.6 Å². The van der Waals surface area contributed by atoms with E-state index in [4.69, 9.17) is 11.6 Å². The van der Waals surface area contributed by atoms with Gasteiger partial charge in [-0.3, -0.25) is 4.84 Å². The predicted molar refractivity (Wildman–Crippen MR) is 56.4 cm³/mol. The van der Waals surface area contributed by atoms with Crippen LogP contribution in [0.25, 0.3) is 0 Å². The summed E-state index contributed by atoms with van der Waals surface area (Å²) in [4.78, 5) is 4.15. The minimum Gasteiger partial charge on any atom is -0.387 e. The van der Waals surface area contributed by atoms with Crippen molar-refractivity contribution in [3.8, 4) is 0 Å².